The lowest BCUT2D eigenvalue weighted by Gasteiger charge is -2.19. The minimum atomic E-state index is 0.158. The molecule has 0 aliphatic carbocycles. The molecule has 0 saturated heterocycles. The van der Waals surface area contributed by atoms with Crippen molar-refractivity contribution >= 4 is 22.5 Å². The maximum atomic E-state index is 5.70. The SMILES string of the molecule is CC(C)SCC(NN)c1cccc2ccncc12. The van der Waals surface area contributed by atoms with E-state index in [1.807, 2.05) is 30.2 Å². The number of hydrazine groups is 1. The molecule has 0 saturated carbocycles. The zero-order valence-electron chi connectivity index (χ0n) is 10.8. The predicted molar refractivity (Wildman–Crippen MR) is 79.4 cm³/mol. The standard InChI is InChI=1S/C14H19N3S/c1-10(2)18-9-14(17-15)12-5-3-4-11-6-7-16-8-13(11)12/h3-8,10,14,17H,9,15H2,1-2H3. The van der Waals surface area contributed by atoms with Gasteiger partial charge in [-0.2, -0.15) is 11.8 Å². The number of fused-ring (bicyclic) bond motifs is 1. The van der Waals surface area contributed by atoms with E-state index in [4.69, 9.17) is 5.84 Å². The maximum Gasteiger partial charge on any atom is 0.0557 e. The lowest BCUT2D eigenvalue weighted by molar-refractivity contribution is 0.614. The van der Waals surface area contributed by atoms with Crippen LogP contribution in [-0.2, 0) is 0 Å². The van der Waals surface area contributed by atoms with Crippen LogP contribution in [0.5, 0.6) is 0 Å². The number of nitrogens with two attached hydrogens (primary N) is 1. The van der Waals surface area contributed by atoms with Crippen LogP contribution in [0.15, 0.2) is 36.7 Å². The largest absolute Gasteiger partial charge is 0.271 e. The van der Waals surface area contributed by atoms with Crippen LogP contribution in [0.4, 0.5) is 0 Å². The third-order valence-electron chi connectivity index (χ3n) is 2.89. The number of pyridine rings is 1. The van der Waals surface area contributed by atoms with E-state index < -0.39 is 0 Å². The van der Waals surface area contributed by atoms with Crippen molar-refractivity contribution in [1.29, 1.82) is 0 Å². The van der Waals surface area contributed by atoms with Crippen molar-refractivity contribution in [1.82, 2.24) is 10.4 Å². The van der Waals surface area contributed by atoms with Crippen LogP contribution >= 0.6 is 11.8 Å². The molecular weight excluding hydrogens is 242 g/mol. The first-order valence-corrected chi connectivity index (χ1v) is 7.17. The minimum absolute atomic E-state index is 0.158. The molecule has 3 nitrogen and oxygen atoms in total. The van der Waals surface area contributed by atoms with E-state index in [-0.39, 0.29) is 6.04 Å². The van der Waals surface area contributed by atoms with Crippen LogP contribution < -0.4 is 11.3 Å². The van der Waals surface area contributed by atoms with Gasteiger partial charge >= 0.3 is 0 Å². The number of nitrogens with zero attached hydrogens (tertiary/aromatic N) is 1. The predicted octanol–water partition coefficient (Wildman–Crippen LogP) is 2.88. The van der Waals surface area contributed by atoms with Crippen molar-refractivity contribution in [2.24, 2.45) is 5.84 Å². The van der Waals surface area contributed by atoms with Crippen molar-refractivity contribution in [2.75, 3.05) is 5.75 Å². The number of benzene rings is 1. The summed E-state index contributed by atoms with van der Waals surface area (Å²) < 4.78 is 0. The number of hydrogen-bond donors (Lipinski definition) is 2. The Kier molecular flexibility index (Phi) is 4.58. The Hall–Kier alpha value is -1.10. The van der Waals surface area contributed by atoms with Gasteiger partial charge in [-0.1, -0.05) is 32.0 Å². The van der Waals surface area contributed by atoms with E-state index in [9.17, 15) is 0 Å². The van der Waals surface area contributed by atoms with E-state index in [0.717, 1.165) is 5.75 Å². The second-order valence-electron chi connectivity index (χ2n) is 4.55. The fourth-order valence-corrected chi connectivity index (χ4v) is 2.81. The number of nitrogens with one attached hydrogen (secondary N) is 1. The summed E-state index contributed by atoms with van der Waals surface area (Å²) in [5, 5.41) is 2.98. The molecular formula is C14H19N3S. The Balaban J connectivity index is 2.32. The van der Waals surface area contributed by atoms with Crippen molar-refractivity contribution in [2.45, 2.75) is 25.1 Å². The molecule has 0 fully saturated rings. The first-order chi connectivity index (χ1) is 8.72. The molecule has 96 valence electrons. The zero-order valence-corrected chi connectivity index (χ0v) is 11.6. The van der Waals surface area contributed by atoms with E-state index in [1.165, 1.54) is 16.3 Å². The van der Waals surface area contributed by atoms with Gasteiger partial charge in [0.25, 0.3) is 0 Å². The first kappa shape index (κ1) is 13.3. The Morgan fingerprint density at radius 1 is 1.33 bits per heavy atom. The Morgan fingerprint density at radius 2 is 2.17 bits per heavy atom. The highest BCUT2D eigenvalue weighted by Gasteiger charge is 2.13. The van der Waals surface area contributed by atoms with E-state index in [1.54, 1.807) is 0 Å². The molecule has 1 aromatic carbocycles. The van der Waals surface area contributed by atoms with Gasteiger partial charge < -0.3 is 0 Å². The summed E-state index contributed by atoms with van der Waals surface area (Å²) in [5.41, 5.74) is 4.14. The molecule has 0 aliphatic rings. The molecule has 1 atom stereocenters. The van der Waals surface area contributed by atoms with E-state index in [0.29, 0.717) is 5.25 Å². The van der Waals surface area contributed by atoms with E-state index >= 15 is 0 Å². The molecule has 18 heavy (non-hydrogen) atoms. The smallest absolute Gasteiger partial charge is 0.0557 e. The average Bonchev–Trinajstić information content (AvgIpc) is 2.39. The molecule has 3 N–H and O–H groups in total. The highest BCUT2D eigenvalue weighted by Crippen LogP contribution is 2.26. The molecule has 1 heterocycles. The van der Waals surface area contributed by atoms with Gasteiger partial charge in [-0.3, -0.25) is 16.3 Å². The van der Waals surface area contributed by atoms with Crippen LogP contribution in [0.25, 0.3) is 10.8 Å². The van der Waals surface area contributed by atoms with Crippen LogP contribution in [-0.4, -0.2) is 16.0 Å². The lowest BCUT2D eigenvalue weighted by Crippen LogP contribution is -2.30. The number of thioether (sulfide) groups is 1. The molecule has 2 rings (SSSR count). The minimum Gasteiger partial charge on any atom is -0.271 e. The van der Waals surface area contributed by atoms with Gasteiger partial charge in [0.05, 0.1) is 6.04 Å². The summed E-state index contributed by atoms with van der Waals surface area (Å²) >= 11 is 1.90. The highest BCUT2D eigenvalue weighted by atomic mass is 32.2. The zero-order chi connectivity index (χ0) is 13.0. The second kappa shape index (κ2) is 6.18. The van der Waals surface area contributed by atoms with Gasteiger partial charge in [-0.25, -0.2) is 0 Å². The van der Waals surface area contributed by atoms with Crippen molar-refractivity contribution in [3.8, 4) is 0 Å². The van der Waals surface area contributed by atoms with Crippen molar-refractivity contribution < 1.29 is 0 Å². The molecule has 0 amide bonds. The molecule has 2 aromatic rings. The van der Waals surface area contributed by atoms with Gasteiger partial charge in [-0.15, -0.1) is 0 Å². The number of rotatable bonds is 5. The number of aromatic nitrogens is 1. The molecule has 0 bridgehead atoms. The maximum absolute atomic E-state index is 5.70. The fourth-order valence-electron chi connectivity index (χ4n) is 1.96. The molecule has 1 unspecified atom stereocenters. The van der Waals surface area contributed by atoms with Crippen molar-refractivity contribution in [3.63, 3.8) is 0 Å². The van der Waals surface area contributed by atoms with Gasteiger partial charge in [0.15, 0.2) is 0 Å². The normalized spacial score (nSPS) is 13.1. The van der Waals surface area contributed by atoms with Gasteiger partial charge in [0.2, 0.25) is 0 Å². The second-order valence-corrected chi connectivity index (χ2v) is 6.15. The summed E-state index contributed by atoms with van der Waals surface area (Å²) in [6.45, 7) is 4.39. The topological polar surface area (TPSA) is 50.9 Å². The summed E-state index contributed by atoms with van der Waals surface area (Å²) in [4.78, 5) is 4.21. The molecule has 4 heteroatoms. The quantitative estimate of drug-likeness (QED) is 0.642. The monoisotopic (exact) mass is 261 g/mol. The summed E-state index contributed by atoms with van der Waals surface area (Å²) in [7, 11) is 0. The molecule has 0 aliphatic heterocycles. The van der Waals surface area contributed by atoms with Crippen LogP contribution in [0.2, 0.25) is 0 Å². The van der Waals surface area contributed by atoms with Gasteiger partial charge in [0, 0.05) is 23.5 Å². The summed E-state index contributed by atoms with van der Waals surface area (Å²) in [5.74, 6) is 6.66. The molecule has 1 aromatic heterocycles. The summed E-state index contributed by atoms with van der Waals surface area (Å²) in [6, 6.07) is 8.48. The van der Waals surface area contributed by atoms with Crippen molar-refractivity contribution in [3.05, 3.63) is 42.2 Å². The van der Waals surface area contributed by atoms with Crippen LogP contribution in [0.1, 0.15) is 25.5 Å². The molecule has 0 spiro atoms. The van der Waals surface area contributed by atoms with Crippen LogP contribution in [0, 0.1) is 0 Å². The lowest BCUT2D eigenvalue weighted by atomic mass is 10.0. The third kappa shape index (κ3) is 3.02. The Labute approximate surface area is 112 Å². The summed E-state index contributed by atoms with van der Waals surface area (Å²) in [6.07, 6.45) is 3.73. The Bertz CT molecular complexity index is 508. The molecule has 0 radical (unpaired) electrons. The number of hydrogen-bond acceptors (Lipinski definition) is 4. The third-order valence-corrected chi connectivity index (χ3v) is 4.08. The fraction of sp³-hybridized carbons (Fsp3) is 0.357. The Morgan fingerprint density at radius 3 is 2.89 bits per heavy atom. The van der Waals surface area contributed by atoms with Crippen LogP contribution in [0.3, 0.4) is 0 Å². The van der Waals surface area contributed by atoms with Gasteiger partial charge in [0.1, 0.15) is 0 Å². The van der Waals surface area contributed by atoms with Gasteiger partial charge in [-0.05, 0) is 22.3 Å². The first-order valence-electron chi connectivity index (χ1n) is 6.12. The average molecular weight is 261 g/mol. The highest BCUT2D eigenvalue weighted by molar-refractivity contribution is 7.99. The van der Waals surface area contributed by atoms with E-state index in [2.05, 4.69) is 42.5 Å².